The monoisotopic (exact) mass is 481 g/mol. The fourth-order valence-electron chi connectivity index (χ4n) is 3.57. The topological polar surface area (TPSA) is 98.6 Å². The predicted molar refractivity (Wildman–Crippen MR) is 130 cm³/mol. The molecule has 2 heterocycles. The lowest BCUT2D eigenvalue weighted by molar-refractivity contribution is -0.132. The van der Waals surface area contributed by atoms with Gasteiger partial charge in [-0.15, -0.1) is 10.2 Å². The first-order chi connectivity index (χ1) is 16.6. The number of nitrogens with zero attached hydrogens (tertiary/aromatic N) is 4. The van der Waals surface area contributed by atoms with Crippen LogP contribution in [-0.2, 0) is 16.1 Å². The van der Waals surface area contributed by atoms with Crippen molar-refractivity contribution in [2.45, 2.75) is 25.5 Å². The molecule has 1 aliphatic heterocycles. The number of likely N-dealkylation sites (N-methyl/N-ethyl adjacent to an activating group) is 1. The number of rotatable bonds is 9. The number of nitrogens with one attached hydrogen (secondary N) is 1. The van der Waals surface area contributed by atoms with Crippen LogP contribution in [0.4, 0.5) is 5.69 Å². The van der Waals surface area contributed by atoms with Crippen molar-refractivity contribution in [3.05, 3.63) is 48.5 Å². The van der Waals surface area contributed by atoms with E-state index < -0.39 is 0 Å². The number of amides is 2. The van der Waals surface area contributed by atoms with E-state index in [1.165, 1.54) is 16.7 Å². The zero-order valence-electron chi connectivity index (χ0n) is 19.2. The summed E-state index contributed by atoms with van der Waals surface area (Å²) < 4.78 is 13.0. The minimum absolute atomic E-state index is 0.0416. The summed E-state index contributed by atoms with van der Waals surface area (Å²) in [6.07, 6.45) is 0. The Labute approximate surface area is 202 Å². The number of thioether (sulfide) groups is 1. The lowest BCUT2D eigenvalue weighted by Crippen LogP contribution is -2.38. The Balaban J connectivity index is 1.34. The molecular weight excluding hydrogens is 454 g/mol. The molecule has 1 N–H and O–H groups in total. The van der Waals surface area contributed by atoms with Crippen LogP contribution >= 0.6 is 11.8 Å². The Morgan fingerprint density at radius 2 is 1.82 bits per heavy atom. The van der Waals surface area contributed by atoms with Gasteiger partial charge in [0.05, 0.1) is 12.3 Å². The van der Waals surface area contributed by atoms with Gasteiger partial charge >= 0.3 is 0 Å². The molecule has 2 aromatic carbocycles. The van der Waals surface area contributed by atoms with E-state index in [1.807, 2.05) is 48.7 Å². The zero-order valence-corrected chi connectivity index (χ0v) is 20.0. The van der Waals surface area contributed by atoms with Crippen LogP contribution in [0, 0.1) is 0 Å². The minimum atomic E-state index is -0.278. The van der Waals surface area contributed by atoms with Crippen molar-refractivity contribution in [1.29, 1.82) is 0 Å². The normalized spacial score (nSPS) is 12.3. The van der Waals surface area contributed by atoms with Crippen LogP contribution < -0.4 is 14.8 Å². The first kappa shape index (κ1) is 23.6. The van der Waals surface area contributed by atoms with Crippen LogP contribution in [0.1, 0.15) is 13.8 Å². The molecule has 4 rings (SSSR count). The van der Waals surface area contributed by atoms with Crippen molar-refractivity contribution in [3.63, 3.8) is 0 Å². The number of anilines is 1. The summed E-state index contributed by atoms with van der Waals surface area (Å²) in [4.78, 5) is 26.9. The lowest BCUT2D eigenvalue weighted by Gasteiger charge is -2.21. The minimum Gasteiger partial charge on any atom is -0.486 e. The number of carbonyl (C=O) groups is 2. The Hall–Kier alpha value is -3.53. The van der Waals surface area contributed by atoms with Crippen molar-refractivity contribution in [1.82, 2.24) is 19.7 Å². The van der Waals surface area contributed by atoms with E-state index in [0.717, 1.165) is 11.4 Å². The van der Waals surface area contributed by atoms with Gasteiger partial charge in [0.15, 0.2) is 22.5 Å². The molecule has 3 aromatic rings. The summed E-state index contributed by atoms with van der Waals surface area (Å²) in [6, 6.07) is 15.1. The van der Waals surface area contributed by atoms with Gasteiger partial charge in [-0.25, -0.2) is 0 Å². The van der Waals surface area contributed by atoms with Gasteiger partial charge in [-0.05, 0) is 26.0 Å². The highest BCUT2D eigenvalue weighted by Gasteiger charge is 2.20. The molecule has 0 saturated carbocycles. The second-order valence-electron chi connectivity index (χ2n) is 7.52. The zero-order chi connectivity index (χ0) is 23.9. The van der Waals surface area contributed by atoms with E-state index >= 15 is 0 Å². The van der Waals surface area contributed by atoms with Crippen molar-refractivity contribution < 1.29 is 19.1 Å². The van der Waals surface area contributed by atoms with Gasteiger partial charge in [0.25, 0.3) is 0 Å². The molecule has 9 nitrogen and oxygen atoms in total. The van der Waals surface area contributed by atoms with Crippen LogP contribution in [-0.4, -0.2) is 63.5 Å². The van der Waals surface area contributed by atoms with Gasteiger partial charge in [0, 0.05) is 30.4 Å². The summed E-state index contributed by atoms with van der Waals surface area (Å²) >= 11 is 1.32. The fraction of sp³-hybridized carbons (Fsp3) is 0.333. The highest BCUT2D eigenvalue weighted by atomic mass is 32.2. The van der Waals surface area contributed by atoms with Gasteiger partial charge in [-0.3, -0.25) is 9.59 Å². The van der Waals surface area contributed by atoms with Crippen LogP contribution in [0.2, 0.25) is 0 Å². The van der Waals surface area contributed by atoms with Crippen molar-refractivity contribution in [2.75, 3.05) is 37.4 Å². The molecule has 0 atom stereocenters. The maximum atomic E-state index is 12.8. The van der Waals surface area contributed by atoms with Gasteiger partial charge < -0.3 is 24.3 Å². The fourth-order valence-corrected chi connectivity index (χ4v) is 4.48. The molecule has 0 spiro atoms. The standard InChI is InChI=1S/C24H27N5O4S/c1-3-28(15-21(30)25-18-10-11-19-20(14-18)33-13-12-32-19)22(31)16-34-24-27-26-23(29(24)4-2)17-8-6-5-7-9-17/h5-11,14H,3-4,12-13,15-16H2,1-2H3,(H,25,30). The van der Waals surface area contributed by atoms with Gasteiger partial charge in [-0.1, -0.05) is 42.1 Å². The Morgan fingerprint density at radius 3 is 2.56 bits per heavy atom. The van der Waals surface area contributed by atoms with Crippen LogP contribution in [0.5, 0.6) is 11.5 Å². The molecule has 0 aliphatic carbocycles. The summed E-state index contributed by atoms with van der Waals surface area (Å²) in [5, 5.41) is 12.1. The van der Waals surface area contributed by atoms with E-state index in [2.05, 4.69) is 15.5 Å². The van der Waals surface area contributed by atoms with Gasteiger partial charge in [0.2, 0.25) is 11.8 Å². The lowest BCUT2D eigenvalue weighted by atomic mass is 10.2. The number of carbonyl (C=O) groups excluding carboxylic acids is 2. The van der Waals surface area contributed by atoms with E-state index in [4.69, 9.17) is 9.47 Å². The maximum absolute atomic E-state index is 12.8. The van der Waals surface area contributed by atoms with Crippen molar-refractivity contribution >= 4 is 29.3 Å². The van der Waals surface area contributed by atoms with Crippen LogP contribution in [0.15, 0.2) is 53.7 Å². The second-order valence-corrected chi connectivity index (χ2v) is 8.46. The Morgan fingerprint density at radius 1 is 1.06 bits per heavy atom. The molecule has 0 radical (unpaired) electrons. The van der Waals surface area contributed by atoms with Crippen molar-refractivity contribution in [3.8, 4) is 22.9 Å². The number of aromatic nitrogens is 3. The maximum Gasteiger partial charge on any atom is 0.243 e. The molecule has 0 saturated heterocycles. The average Bonchev–Trinajstić information content (AvgIpc) is 3.29. The number of ether oxygens (including phenoxy) is 2. The number of hydrogen-bond donors (Lipinski definition) is 1. The number of fused-ring (bicyclic) bond motifs is 1. The molecule has 1 aliphatic rings. The largest absolute Gasteiger partial charge is 0.486 e. The van der Waals surface area contributed by atoms with E-state index in [1.54, 1.807) is 18.2 Å². The Bertz CT molecular complexity index is 1150. The molecule has 178 valence electrons. The summed E-state index contributed by atoms with van der Waals surface area (Å²) in [7, 11) is 0. The Kier molecular flexibility index (Phi) is 7.69. The third-order valence-corrected chi connectivity index (χ3v) is 6.24. The average molecular weight is 482 g/mol. The summed E-state index contributed by atoms with van der Waals surface area (Å²) in [6.45, 7) is 5.91. The van der Waals surface area contributed by atoms with E-state index in [9.17, 15) is 9.59 Å². The highest BCUT2D eigenvalue weighted by Crippen LogP contribution is 2.32. The molecule has 34 heavy (non-hydrogen) atoms. The first-order valence-electron chi connectivity index (χ1n) is 11.2. The van der Waals surface area contributed by atoms with Gasteiger partial charge in [-0.2, -0.15) is 0 Å². The van der Waals surface area contributed by atoms with E-state index in [0.29, 0.717) is 48.6 Å². The smallest absolute Gasteiger partial charge is 0.243 e. The van der Waals surface area contributed by atoms with Crippen LogP contribution in [0.25, 0.3) is 11.4 Å². The summed E-state index contributed by atoms with van der Waals surface area (Å²) in [5.41, 5.74) is 1.57. The quantitative estimate of drug-likeness (QED) is 0.468. The molecule has 0 bridgehead atoms. The van der Waals surface area contributed by atoms with E-state index in [-0.39, 0.29) is 24.1 Å². The molecular formula is C24H27N5O4S. The number of benzene rings is 2. The molecule has 1 aromatic heterocycles. The third kappa shape index (κ3) is 5.51. The van der Waals surface area contributed by atoms with Crippen LogP contribution in [0.3, 0.4) is 0 Å². The van der Waals surface area contributed by atoms with Gasteiger partial charge in [0.1, 0.15) is 13.2 Å². The number of hydrogen-bond acceptors (Lipinski definition) is 7. The first-order valence-corrected chi connectivity index (χ1v) is 12.2. The highest BCUT2D eigenvalue weighted by molar-refractivity contribution is 7.99. The summed E-state index contributed by atoms with van der Waals surface area (Å²) in [5.74, 6) is 1.76. The molecule has 2 amide bonds. The predicted octanol–water partition coefficient (Wildman–Crippen LogP) is 3.32. The molecule has 0 unspecified atom stereocenters. The third-order valence-electron chi connectivity index (χ3n) is 5.28. The molecule has 0 fully saturated rings. The van der Waals surface area contributed by atoms with Crippen molar-refractivity contribution in [2.24, 2.45) is 0 Å². The molecule has 10 heteroatoms. The SMILES string of the molecule is CCN(CC(=O)Nc1ccc2c(c1)OCCO2)C(=O)CSc1nnc(-c2ccccc2)n1CC. The second kappa shape index (κ2) is 11.1.